The molecule has 2 aromatic carbocycles. The first-order chi connectivity index (χ1) is 9.27. The Morgan fingerprint density at radius 1 is 0.842 bits per heavy atom. The number of nitrogens with two attached hydrogens (primary N) is 1. The van der Waals surface area contributed by atoms with Crippen molar-refractivity contribution in [2.24, 2.45) is 0 Å². The van der Waals surface area contributed by atoms with E-state index in [4.69, 9.17) is 10.3 Å². The minimum Gasteiger partial charge on any atom is -0.406 e. The summed E-state index contributed by atoms with van der Waals surface area (Å²) in [5.74, 6) is 5.70. The molecule has 19 heavy (non-hydrogen) atoms. The quantitative estimate of drug-likeness (QED) is 0.713. The second-order valence-corrected chi connectivity index (χ2v) is 4.15. The van der Waals surface area contributed by atoms with E-state index in [1.807, 2.05) is 60.7 Å². The van der Waals surface area contributed by atoms with Crippen molar-refractivity contribution in [2.45, 2.75) is 0 Å². The zero-order chi connectivity index (χ0) is 13.2. The summed E-state index contributed by atoms with van der Waals surface area (Å²) in [6.07, 6.45) is 0. The number of oxazole rings is 1. The Labute approximate surface area is 109 Å². The van der Waals surface area contributed by atoms with Gasteiger partial charge in [0.1, 0.15) is 5.69 Å². The van der Waals surface area contributed by atoms with Crippen LogP contribution in [0.15, 0.2) is 69.9 Å². The van der Waals surface area contributed by atoms with Crippen LogP contribution in [0.1, 0.15) is 0 Å². The van der Waals surface area contributed by atoms with Crippen molar-refractivity contribution in [1.29, 1.82) is 0 Å². The fourth-order valence-electron chi connectivity index (χ4n) is 2.04. The van der Waals surface area contributed by atoms with Crippen molar-refractivity contribution in [3.8, 4) is 22.6 Å². The molecule has 0 atom stereocenters. The molecule has 3 rings (SSSR count). The number of aromatic nitrogens is 1. The summed E-state index contributed by atoms with van der Waals surface area (Å²) in [6.45, 7) is 0. The van der Waals surface area contributed by atoms with Crippen LogP contribution >= 0.6 is 0 Å². The van der Waals surface area contributed by atoms with Crippen LogP contribution in [-0.4, -0.2) is 4.68 Å². The maximum Gasteiger partial charge on any atom is 0.438 e. The molecule has 4 nitrogen and oxygen atoms in total. The molecule has 0 aliphatic heterocycles. The lowest BCUT2D eigenvalue weighted by atomic mass is 10.1. The summed E-state index contributed by atoms with van der Waals surface area (Å²) in [6, 6.07) is 18.9. The Morgan fingerprint density at radius 3 is 1.95 bits per heavy atom. The standard InChI is InChI=1S/C15H12N2O2/c16-17-13(11-7-3-1-4-8-11)14(19-15(17)18)12-9-5-2-6-10-12/h1-10H,16H2. The van der Waals surface area contributed by atoms with Crippen LogP contribution in [0.2, 0.25) is 0 Å². The lowest BCUT2D eigenvalue weighted by Crippen LogP contribution is -2.23. The summed E-state index contributed by atoms with van der Waals surface area (Å²) < 4.78 is 6.31. The van der Waals surface area contributed by atoms with Crippen molar-refractivity contribution in [3.05, 3.63) is 71.2 Å². The molecule has 0 fully saturated rings. The van der Waals surface area contributed by atoms with E-state index < -0.39 is 5.76 Å². The molecule has 1 aromatic heterocycles. The smallest absolute Gasteiger partial charge is 0.406 e. The highest BCUT2D eigenvalue weighted by Crippen LogP contribution is 2.30. The van der Waals surface area contributed by atoms with Crippen LogP contribution in [0.4, 0.5) is 0 Å². The van der Waals surface area contributed by atoms with Crippen molar-refractivity contribution in [3.63, 3.8) is 0 Å². The molecule has 3 aromatic rings. The van der Waals surface area contributed by atoms with E-state index in [1.54, 1.807) is 0 Å². The normalized spacial score (nSPS) is 10.5. The zero-order valence-electron chi connectivity index (χ0n) is 10.1. The summed E-state index contributed by atoms with van der Waals surface area (Å²) in [7, 11) is 0. The van der Waals surface area contributed by atoms with Gasteiger partial charge in [-0.2, -0.15) is 4.68 Å². The molecule has 0 aliphatic rings. The summed E-state index contributed by atoms with van der Waals surface area (Å²) in [5, 5.41) is 0. The summed E-state index contributed by atoms with van der Waals surface area (Å²) in [4.78, 5) is 11.7. The summed E-state index contributed by atoms with van der Waals surface area (Å²) >= 11 is 0. The predicted octanol–water partition coefficient (Wildman–Crippen LogP) is 2.49. The molecule has 94 valence electrons. The van der Waals surface area contributed by atoms with Crippen LogP contribution in [0, 0.1) is 0 Å². The first-order valence-corrected chi connectivity index (χ1v) is 5.89. The molecule has 2 N–H and O–H groups in total. The third-order valence-corrected chi connectivity index (χ3v) is 2.93. The van der Waals surface area contributed by atoms with E-state index in [0.717, 1.165) is 15.8 Å². The molecule has 1 heterocycles. The van der Waals surface area contributed by atoms with Gasteiger partial charge in [0.2, 0.25) is 0 Å². The van der Waals surface area contributed by atoms with E-state index in [9.17, 15) is 4.79 Å². The lowest BCUT2D eigenvalue weighted by molar-refractivity contribution is 0.512. The zero-order valence-corrected chi connectivity index (χ0v) is 10.1. The number of nitrogens with zero attached hydrogens (tertiary/aromatic N) is 1. The van der Waals surface area contributed by atoms with Gasteiger partial charge >= 0.3 is 5.76 Å². The Bertz CT molecular complexity index is 743. The van der Waals surface area contributed by atoms with Crippen LogP contribution < -0.4 is 11.6 Å². The van der Waals surface area contributed by atoms with E-state index in [2.05, 4.69) is 0 Å². The number of benzene rings is 2. The van der Waals surface area contributed by atoms with Gasteiger partial charge in [0.25, 0.3) is 0 Å². The number of hydrogen-bond acceptors (Lipinski definition) is 3. The molecule has 0 bridgehead atoms. The van der Waals surface area contributed by atoms with Crippen LogP contribution in [0.25, 0.3) is 22.6 Å². The van der Waals surface area contributed by atoms with E-state index in [-0.39, 0.29) is 0 Å². The van der Waals surface area contributed by atoms with Gasteiger partial charge < -0.3 is 10.3 Å². The fraction of sp³-hybridized carbons (Fsp3) is 0. The highest BCUT2D eigenvalue weighted by molar-refractivity contribution is 5.76. The molecule has 0 saturated carbocycles. The fourth-order valence-corrected chi connectivity index (χ4v) is 2.04. The third kappa shape index (κ3) is 1.93. The predicted molar refractivity (Wildman–Crippen MR) is 74.0 cm³/mol. The largest absolute Gasteiger partial charge is 0.438 e. The Balaban J connectivity index is 2.28. The van der Waals surface area contributed by atoms with Gasteiger partial charge in [-0.15, -0.1) is 0 Å². The van der Waals surface area contributed by atoms with Crippen LogP contribution in [0.3, 0.4) is 0 Å². The molecule has 0 unspecified atom stereocenters. The van der Waals surface area contributed by atoms with Crippen molar-refractivity contribution in [1.82, 2.24) is 4.68 Å². The average Bonchev–Trinajstić information content (AvgIpc) is 2.77. The van der Waals surface area contributed by atoms with Gasteiger partial charge in [-0.1, -0.05) is 60.7 Å². The van der Waals surface area contributed by atoms with Crippen LogP contribution in [-0.2, 0) is 0 Å². The molecule has 0 radical (unpaired) electrons. The van der Waals surface area contributed by atoms with Gasteiger partial charge in [0, 0.05) is 11.1 Å². The maximum atomic E-state index is 11.7. The monoisotopic (exact) mass is 252 g/mol. The van der Waals surface area contributed by atoms with Gasteiger partial charge in [0.05, 0.1) is 0 Å². The maximum absolute atomic E-state index is 11.7. The summed E-state index contributed by atoms with van der Waals surface area (Å²) in [5.41, 5.74) is 2.24. The average molecular weight is 252 g/mol. The van der Waals surface area contributed by atoms with Crippen molar-refractivity contribution in [2.75, 3.05) is 5.84 Å². The van der Waals surface area contributed by atoms with Gasteiger partial charge in [0.15, 0.2) is 5.76 Å². The number of nitrogen functional groups attached to an aromatic ring is 1. The molecule has 0 saturated heterocycles. The SMILES string of the molecule is Nn1c(-c2ccccc2)c(-c2ccccc2)oc1=O. The number of hydrogen-bond donors (Lipinski definition) is 1. The molecule has 0 spiro atoms. The second-order valence-electron chi connectivity index (χ2n) is 4.15. The second kappa shape index (κ2) is 4.49. The first-order valence-electron chi connectivity index (χ1n) is 5.89. The first kappa shape index (κ1) is 11.3. The third-order valence-electron chi connectivity index (χ3n) is 2.93. The molecular weight excluding hydrogens is 240 g/mol. The molecule has 0 amide bonds. The Hall–Kier alpha value is -2.75. The van der Waals surface area contributed by atoms with Crippen LogP contribution in [0.5, 0.6) is 0 Å². The lowest BCUT2D eigenvalue weighted by Gasteiger charge is -2.04. The minimum atomic E-state index is -0.572. The van der Waals surface area contributed by atoms with E-state index in [0.29, 0.717) is 11.5 Å². The molecular formula is C15H12N2O2. The number of rotatable bonds is 2. The van der Waals surface area contributed by atoms with Gasteiger partial charge in [-0.05, 0) is 0 Å². The Kier molecular flexibility index (Phi) is 2.68. The van der Waals surface area contributed by atoms with Crippen molar-refractivity contribution >= 4 is 0 Å². The molecule has 4 heteroatoms. The van der Waals surface area contributed by atoms with Gasteiger partial charge in [-0.25, -0.2) is 4.79 Å². The Morgan fingerprint density at radius 2 is 1.37 bits per heavy atom. The highest BCUT2D eigenvalue weighted by atomic mass is 16.4. The van der Waals surface area contributed by atoms with Crippen molar-refractivity contribution < 1.29 is 4.42 Å². The topological polar surface area (TPSA) is 61.2 Å². The molecule has 0 aliphatic carbocycles. The van der Waals surface area contributed by atoms with E-state index >= 15 is 0 Å². The minimum absolute atomic E-state index is 0.485. The van der Waals surface area contributed by atoms with E-state index in [1.165, 1.54) is 0 Å². The highest BCUT2D eigenvalue weighted by Gasteiger charge is 2.17. The van der Waals surface area contributed by atoms with Gasteiger partial charge in [-0.3, -0.25) is 0 Å².